The molecule has 3 nitrogen and oxygen atoms in total. The zero-order chi connectivity index (χ0) is 15.5. The molecule has 0 radical (unpaired) electrons. The van der Waals surface area contributed by atoms with Crippen LogP contribution in [0, 0.1) is 0 Å². The van der Waals surface area contributed by atoms with Gasteiger partial charge in [-0.1, -0.05) is 12.1 Å². The van der Waals surface area contributed by atoms with Crippen molar-refractivity contribution in [1.82, 2.24) is 0 Å². The number of para-hydroxylation sites is 2. The highest BCUT2D eigenvalue weighted by Gasteiger charge is 2.30. The fourth-order valence-corrected chi connectivity index (χ4v) is 1.85. The number of ether oxygens (including phenoxy) is 1. The molecule has 0 aliphatic rings. The summed E-state index contributed by atoms with van der Waals surface area (Å²) < 4.78 is 43.2. The van der Waals surface area contributed by atoms with E-state index in [9.17, 15) is 13.2 Å². The Balaban J connectivity index is 2.28. The van der Waals surface area contributed by atoms with Crippen LogP contribution in [0.2, 0.25) is 0 Å². The smallest absolute Gasteiger partial charge is 0.416 e. The lowest BCUT2D eigenvalue weighted by atomic mass is 10.1. The summed E-state index contributed by atoms with van der Waals surface area (Å²) >= 11 is 0. The van der Waals surface area contributed by atoms with Crippen LogP contribution in [-0.2, 0) is 6.18 Å². The van der Waals surface area contributed by atoms with Gasteiger partial charge >= 0.3 is 6.18 Å². The zero-order valence-electron chi connectivity index (χ0n) is 11.4. The standard InChI is InChI=1S/C15H15F3N2O/c1-2-21-14-6-4-3-5-13(14)20-12-8-7-10(9-11(12)19)15(16,17)18/h3-9,20H,2,19H2,1H3. The Labute approximate surface area is 120 Å². The first-order valence-corrected chi connectivity index (χ1v) is 6.37. The van der Waals surface area contributed by atoms with E-state index < -0.39 is 11.7 Å². The van der Waals surface area contributed by atoms with E-state index in [1.807, 2.05) is 13.0 Å². The highest BCUT2D eigenvalue weighted by molar-refractivity contribution is 5.75. The van der Waals surface area contributed by atoms with Crippen LogP contribution in [0.4, 0.5) is 30.2 Å². The first kappa shape index (κ1) is 15.0. The minimum atomic E-state index is -4.41. The molecule has 0 amide bonds. The van der Waals surface area contributed by atoms with Crippen LogP contribution < -0.4 is 15.8 Å². The SMILES string of the molecule is CCOc1ccccc1Nc1ccc(C(F)(F)F)cc1N. The third-order valence-corrected chi connectivity index (χ3v) is 2.84. The second kappa shape index (κ2) is 5.95. The van der Waals surface area contributed by atoms with Gasteiger partial charge < -0.3 is 15.8 Å². The summed E-state index contributed by atoms with van der Waals surface area (Å²) in [6.07, 6.45) is -4.41. The lowest BCUT2D eigenvalue weighted by molar-refractivity contribution is -0.137. The fourth-order valence-electron chi connectivity index (χ4n) is 1.85. The van der Waals surface area contributed by atoms with Crippen molar-refractivity contribution in [3.8, 4) is 5.75 Å². The maximum Gasteiger partial charge on any atom is 0.416 e. The molecule has 0 spiro atoms. The van der Waals surface area contributed by atoms with Gasteiger partial charge in [0.15, 0.2) is 0 Å². The monoisotopic (exact) mass is 296 g/mol. The second-order valence-electron chi connectivity index (χ2n) is 4.35. The van der Waals surface area contributed by atoms with Gasteiger partial charge in [0.2, 0.25) is 0 Å². The van der Waals surface area contributed by atoms with E-state index in [2.05, 4.69) is 5.32 Å². The zero-order valence-corrected chi connectivity index (χ0v) is 11.4. The van der Waals surface area contributed by atoms with E-state index in [1.165, 1.54) is 6.07 Å². The molecule has 2 aromatic carbocycles. The van der Waals surface area contributed by atoms with Crippen molar-refractivity contribution in [3.63, 3.8) is 0 Å². The molecule has 0 unspecified atom stereocenters. The first-order chi connectivity index (χ1) is 9.91. The van der Waals surface area contributed by atoms with Crippen LogP contribution in [-0.4, -0.2) is 6.61 Å². The molecule has 0 fully saturated rings. The number of nitrogen functional groups attached to an aromatic ring is 1. The van der Waals surface area contributed by atoms with Crippen molar-refractivity contribution in [2.75, 3.05) is 17.7 Å². The van der Waals surface area contributed by atoms with Crippen LogP contribution in [0.5, 0.6) is 5.75 Å². The number of hydrogen-bond acceptors (Lipinski definition) is 3. The fraction of sp³-hybridized carbons (Fsp3) is 0.200. The van der Waals surface area contributed by atoms with Crippen molar-refractivity contribution in [1.29, 1.82) is 0 Å². The highest BCUT2D eigenvalue weighted by atomic mass is 19.4. The van der Waals surface area contributed by atoms with E-state index >= 15 is 0 Å². The molecule has 112 valence electrons. The van der Waals surface area contributed by atoms with Crippen LogP contribution in [0.15, 0.2) is 42.5 Å². The van der Waals surface area contributed by atoms with E-state index in [0.29, 0.717) is 23.7 Å². The Hall–Kier alpha value is -2.37. The number of nitrogens with two attached hydrogens (primary N) is 1. The van der Waals surface area contributed by atoms with Crippen molar-refractivity contribution in [2.45, 2.75) is 13.1 Å². The van der Waals surface area contributed by atoms with Crippen molar-refractivity contribution < 1.29 is 17.9 Å². The molecule has 0 aliphatic heterocycles. The third kappa shape index (κ3) is 3.59. The number of anilines is 3. The molecule has 0 bridgehead atoms. The predicted molar refractivity (Wildman–Crippen MR) is 76.8 cm³/mol. The van der Waals surface area contributed by atoms with Crippen molar-refractivity contribution in [2.24, 2.45) is 0 Å². The minimum Gasteiger partial charge on any atom is -0.492 e. The van der Waals surface area contributed by atoms with Crippen LogP contribution >= 0.6 is 0 Å². The largest absolute Gasteiger partial charge is 0.492 e. The third-order valence-electron chi connectivity index (χ3n) is 2.84. The second-order valence-corrected chi connectivity index (χ2v) is 4.35. The van der Waals surface area contributed by atoms with Gasteiger partial charge in [0.05, 0.1) is 29.2 Å². The summed E-state index contributed by atoms with van der Waals surface area (Å²) in [5.74, 6) is 0.610. The van der Waals surface area contributed by atoms with E-state index in [-0.39, 0.29) is 5.69 Å². The molecule has 0 atom stereocenters. The number of alkyl halides is 3. The normalized spacial score (nSPS) is 11.2. The molecule has 6 heteroatoms. The lowest BCUT2D eigenvalue weighted by Crippen LogP contribution is -2.07. The molecule has 2 aromatic rings. The van der Waals surface area contributed by atoms with Gasteiger partial charge in [-0.25, -0.2) is 0 Å². The van der Waals surface area contributed by atoms with Crippen molar-refractivity contribution in [3.05, 3.63) is 48.0 Å². The van der Waals surface area contributed by atoms with Gasteiger partial charge in [-0.2, -0.15) is 13.2 Å². The van der Waals surface area contributed by atoms with E-state index in [1.54, 1.807) is 18.2 Å². The molecular weight excluding hydrogens is 281 g/mol. The van der Waals surface area contributed by atoms with Gasteiger partial charge in [0.25, 0.3) is 0 Å². The Kier molecular flexibility index (Phi) is 4.26. The average Bonchev–Trinajstić information content (AvgIpc) is 2.42. The summed E-state index contributed by atoms with van der Waals surface area (Å²) in [6, 6.07) is 10.3. The lowest BCUT2D eigenvalue weighted by Gasteiger charge is -2.15. The molecule has 3 N–H and O–H groups in total. The van der Waals surface area contributed by atoms with Crippen LogP contribution in [0.25, 0.3) is 0 Å². The van der Waals surface area contributed by atoms with Gasteiger partial charge in [-0.15, -0.1) is 0 Å². The Morgan fingerprint density at radius 3 is 2.43 bits per heavy atom. The first-order valence-electron chi connectivity index (χ1n) is 6.37. The molecule has 2 rings (SSSR count). The van der Waals surface area contributed by atoms with Crippen LogP contribution in [0.3, 0.4) is 0 Å². The number of benzene rings is 2. The molecule has 21 heavy (non-hydrogen) atoms. The van der Waals surface area contributed by atoms with Crippen molar-refractivity contribution >= 4 is 17.1 Å². The topological polar surface area (TPSA) is 47.3 Å². The molecular formula is C15H15F3N2O. The van der Waals surface area contributed by atoms with Gasteiger partial charge in [0, 0.05) is 0 Å². The highest BCUT2D eigenvalue weighted by Crippen LogP contribution is 2.35. The molecule has 0 aromatic heterocycles. The summed E-state index contributed by atoms with van der Waals surface area (Å²) in [6.45, 7) is 2.34. The number of hydrogen-bond donors (Lipinski definition) is 2. The maximum atomic E-state index is 12.6. The Morgan fingerprint density at radius 2 is 1.81 bits per heavy atom. The number of nitrogens with one attached hydrogen (secondary N) is 1. The van der Waals surface area contributed by atoms with Gasteiger partial charge in [0.1, 0.15) is 5.75 Å². The summed E-state index contributed by atoms with van der Waals surface area (Å²) in [5, 5.41) is 2.99. The summed E-state index contributed by atoms with van der Waals surface area (Å²) in [5.41, 5.74) is 5.98. The quantitative estimate of drug-likeness (QED) is 0.820. The van der Waals surface area contributed by atoms with E-state index in [0.717, 1.165) is 12.1 Å². The molecule has 0 saturated heterocycles. The van der Waals surface area contributed by atoms with Gasteiger partial charge in [-0.3, -0.25) is 0 Å². The molecule has 0 aliphatic carbocycles. The summed E-state index contributed by atoms with van der Waals surface area (Å²) in [4.78, 5) is 0. The van der Waals surface area contributed by atoms with Crippen LogP contribution in [0.1, 0.15) is 12.5 Å². The summed E-state index contributed by atoms with van der Waals surface area (Å²) in [7, 11) is 0. The Morgan fingerprint density at radius 1 is 1.10 bits per heavy atom. The molecule has 0 saturated carbocycles. The van der Waals surface area contributed by atoms with E-state index in [4.69, 9.17) is 10.5 Å². The predicted octanol–water partition coefficient (Wildman–Crippen LogP) is 4.43. The average molecular weight is 296 g/mol. The maximum absolute atomic E-state index is 12.6. The minimum absolute atomic E-state index is 0.0242. The number of rotatable bonds is 4. The Bertz CT molecular complexity index is 627. The number of halogens is 3. The molecule has 0 heterocycles. The van der Waals surface area contributed by atoms with Gasteiger partial charge in [-0.05, 0) is 37.3 Å².